The molecule has 124 valence electrons. The van der Waals surface area contributed by atoms with Crippen molar-refractivity contribution in [3.05, 3.63) is 0 Å². The summed E-state index contributed by atoms with van der Waals surface area (Å²) in [5, 5.41) is 0. The van der Waals surface area contributed by atoms with E-state index in [0.717, 1.165) is 25.7 Å². The quantitative estimate of drug-likeness (QED) is 0.406. The Labute approximate surface area is 127 Å². The first-order valence-corrected chi connectivity index (χ1v) is 7.59. The molecule has 0 aromatic heterocycles. The van der Waals surface area contributed by atoms with Crippen LogP contribution in [-0.4, -0.2) is 51.1 Å². The van der Waals surface area contributed by atoms with Crippen LogP contribution >= 0.6 is 0 Å². The Morgan fingerprint density at radius 2 is 1.33 bits per heavy atom. The van der Waals surface area contributed by atoms with Gasteiger partial charge in [-0.1, -0.05) is 26.7 Å². The third-order valence-corrected chi connectivity index (χ3v) is 2.82. The minimum atomic E-state index is -1.10. The number of esters is 2. The molecule has 0 aromatic carbocycles. The summed E-state index contributed by atoms with van der Waals surface area (Å²) in [6, 6.07) is 0. The second kappa shape index (κ2) is 12.6. The van der Waals surface area contributed by atoms with Crippen molar-refractivity contribution in [3.8, 4) is 0 Å². The first kappa shape index (κ1) is 19.9. The zero-order valence-corrected chi connectivity index (χ0v) is 13.6. The lowest BCUT2D eigenvalue weighted by Crippen LogP contribution is -2.45. The van der Waals surface area contributed by atoms with E-state index in [4.69, 9.17) is 18.9 Å². The zero-order chi connectivity index (χ0) is 16.1. The van der Waals surface area contributed by atoms with Crippen molar-refractivity contribution < 1.29 is 28.5 Å². The number of methoxy groups -OCH3 is 1. The van der Waals surface area contributed by atoms with Crippen LogP contribution in [0.2, 0.25) is 0 Å². The lowest BCUT2D eigenvalue weighted by molar-refractivity contribution is -0.180. The first-order chi connectivity index (χ1) is 10.1. The Hall–Kier alpha value is -1.14. The van der Waals surface area contributed by atoms with E-state index in [0.29, 0.717) is 13.2 Å². The van der Waals surface area contributed by atoms with Crippen LogP contribution < -0.4 is 0 Å². The molecule has 0 aliphatic rings. The highest BCUT2D eigenvalue weighted by Crippen LogP contribution is 2.10. The largest absolute Gasteiger partial charge is 0.464 e. The van der Waals surface area contributed by atoms with Crippen LogP contribution in [-0.2, 0) is 28.5 Å². The predicted octanol–water partition coefficient (Wildman–Crippen LogP) is 2.09. The Kier molecular flexibility index (Phi) is 11.9. The predicted molar refractivity (Wildman–Crippen MR) is 77.9 cm³/mol. The summed E-state index contributed by atoms with van der Waals surface area (Å²) in [5.41, 5.74) is 0. The number of rotatable bonds is 12. The molecule has 0 N–H and O–H groups in total. The molecule has 0 radical (unpaired) electrons. The van der Waals surface area contributed by atoms with E-state index in [1.54, 1.807) is 6.92 Å². The van der Waals surface area contributed by atoms with Gasteiger partial charge in [-0.05, 0) is 19.8 Å². The summed E-state index contributed by atoms with van der Waals surface area (Å²) in [6.45, 7) is 6.61. The van der Waals surface area contributed by atoms with E-state index in [9.17, 15) is 9.59 Å². The van der Waals surface area contributed by atoms with Crippen LogP contribution in [0.5, 0.6) is 0 Å². The van der Waals surface area contributed by atoms with Crippen molar-refractivity contribution in [2.24, 2.45) is 0 Å². The van der Waals surface area contributed by atoms with Crippen LogP contribution in [0.3, 0.4) is 0 Å². The second-order valence-electron chi connectivity index (χ2n) is 4.57. The SMILES string of the molecule is CCCCOC(=O)C(OC)C(OCC)C(=O)OCCCC. The summed E-state index contributed by atoms with van der Waals surface area (Å²) in [4.78, 5) is 24.0. The fourth-order valence-electron chi connectivity index (χ4n) is 1.60. The fourth-order valence-corrected chi connectivity index (χ4v) is 1.60. The van der Waals surface area contributed by atoms with Crippen molar-refractivity contribution in [1.82, 2.24) is 0 Å². The van der Waals surface area contributed by atoms with Gasteiger partial charge in [-0.15, -0.1) is 0 Å². The highest BCUT2D eigenvalue weighted by atomic mass is 16.6. The number of ether oxygens (including phenoxy) is 4. The summed E-state index contributed by atoms with van der Waals surface area (Å²) < 4.78 is 20.6. The highest BCUT2D eigenvalue weighted by molar-refractivity contribution is 5.85. The fraction of sp³-hybridized carbons (Fsp3) is 0.867. The number of unbranched alkanes of at least 4 members (excludes halogenated alkanes) is 2. The van der Waals surface area contributed by atoms with Crippen LogP contribution in [0.15, 0.2) is 0 Å². The van der Waals surface area contributed by atoms with Gasteiger partial charge in [-0.3, -0.25) is 0 Å². The maximum atomic E-state index is 12.0. The van der Waals surface area contributed by atoms with Crippen molar-refractivity contribution in [2.45, 2.75) is 58.7 Å². The lowest BCUT2D eigenvalue weighted by atomic mass is 10.2. The van der Waals surface area contributed by atoms with Crippen LogP contribution in [0, 0.1) is 0 Å². The molecule has 0 aliphatic heterocycles. The van der Waals surface area contributed by atoms with Gasteiger partial charge in [-0.2, -0.15) is 0 Å². The molecular formula is C15H28O6. The normalized spacial score (nSPS) is 13.5. The molecular weight excluding hydrogens is 276 g/mol. The van der Waals surface area contributed by atoms with Gasteiger partial charge in [0, 0.05) is 13.7 Å². The summed E-state index contributed by atoms with van der Waals surface area (Å²) in [5.74, 6) is -1.19. The van der Waals surface area contributed by atoms with Gasteiger partial charge in [0.2, 0.25) is 0 Å². The molecule has 6 nitrogen and oxygen atoms in total. The maximum absolute atomic E-state index is 12.0. The minimum Gasteiger partial charge on any atom is -0.464 e. The van der Waals surface area contributed by atoms with Crippen LogP contribution in [0.4, 0.5) is 0 Å². The van der Waals surface area contributed by atoms with Gasteiger partial charge in [-0.25, -0.2) is 9.59 Å². The number of carbonyl (C=O) groups is 2. The topological polar surface area (TPSA) is 71.1 Å². The van der Waals surface area contributed by atoms with Crippen molar-refractivity contribution in [3.63, 3.8) is 0 Å². The van der Waals surface area contributed by atoms with E-state index in [-0.39, 0.29) is 6.61 Å². The summed E-state index contributed by atoms with van der Waals surface area (Å²) in [7, 11) is 1.34. The number of hydrogen-bond acceptors (Lipinski definition) is 6. The molecule has 0 heterocycles. The van der Waals surface area contributed by atoms with Gasteiger partial charge < -0.3 is 18.9 Å². The highest BCUT2D eigenvalue weighted by Gasteiger charge is 2.37. The smallest absolute Gasteiger partial charge is 0.338 e. The molecule has 2 atom stereocenters. The third kappa shape index (κ3) is 8.02. The molecule has 0 fully saturated rings. The van der Waals surface area contributed by atoms with E-state index >= 15 is 0 Å². The molecule has 21 heavy (non-hydrogen) atoms. The maximum Gasteiger partial charge on any atom is 0.338 e. The average Bonchev–Trinajstić information content (AvgIpc) is 2.47. The van der Waals surface area contributed by atoms with Gasteiger partial charge in [0.1, 0.15) is 0 Å². The van der Waals surface area contributed by atoms with Crippen molar-refractivity contribution in [2.75, 3.05) is 26.9 Å². The zero-order valence-electron chi connectivity index (χ0n) is 13.6. The number of carbonyl (C=O) groups excluding carboxylic acids is 2. The average molecular weight is 304 g/mol. The Morgan fingerprint density at radius 3 is 1.71 bits per heavy atom. The molecule has 0 aliphatic carbocycles. The molecule has 2 unspecified atom stereocenters. The third-order valence-electron chi connectivity index (χ3n) is 2.82. The molecule has 0 saturated heterocycles. The lowest BCUT2D eigenvalue weighted by Gasteiger charge is -2.23. The minimum absolute atomic E-state index is 0.273. The monoisotopic (exact) mass is 304 g/mol. The molecule has 6 heteroatoms. The molecule has 0 rings (SSSR count). The first-order valence-electron chi connectivity index (χ1n) is 7.59. The Morgan fingerprint density at radius 1 is 0.857 bits per heavy atom. The van der Waals surface area contributed by atoms with E-state index in [1.165, 1.54) is 7.11 Å². The standard InChI is InChI=1S/C15H28O6/c1-5-8-10-20-14(16)12(18-4)13(19-7-3)15(17)21-11-9-6-2/h12-13H,5-11H2,1-4H3. The van der Waals surface area contributed by atoms with E-state index in [1.807, 2.05) is 13.8 Å². The van der Waals surface area contributed by atoms with Crippen molar-refractivity contribution >= 4 is 11.9 Å². The molecule has 0 saturated carbocycles. The van der Waals surface area contributed by atoms with Crippen molar-refractivity contribution in [1.29, 1.82) is 0 Å². The Bertz CT molecular complexity index is 292. The van der Waals surface area contributed by atoms with Gasteiger partial charge in [0.25, 0.3) is 0 Å². The summed E-state index contributed by atoms with van der Waals surface area (Å²) >= 11 is 0. The van der Waals surface area contributed by atoms with Gasteiger partial charge in [0.05, 0.1) is 13.2 Å². The molecule has 0 spiro atoms. The summed E-state index contributed by atoms with van der Waals surface area (Å²) in [6.07, 6.45) is 1.17. The van der Waals surface area contributed by atoms with Gasteiger partial charge in [0.15, 0.2) is 12.2 Å². The van der Waals surface area contributed by atoms with Gasteiger partial charge >= 0.3 is 11.9 Å². The van der Waals surface area contributed by atoms with Crippen LogP contribution in [0.1, 0.15) is 46.5 Å². The molecule has 0 amide bonds. The molecule has 0 bridgehead atoms. The van der Waals surface area contributed by atoms with E-state index < -0.39 is 24.1 Å². The van der Waals surface area contributed by atoms with E-state index in [2.05, 4.69) is 0 Å². The molecule has 0 aromatic rings. The van der Waals surface area contributed by atoms with Crippen LogP contribution in [0.25, 0.3) is 0 Å². The Balaban J connectivity index is 4.61. The second-order valence-corrected chi connectivity index (χ2v) is 4.57. The number of hydrogen-bond donors (Lipinski definition) is 0.